The van der Waals surface area contributed by atoms with Gasteiger partial charge in [0.2, 0.25) is 0 Å². The summed E-state index contributed by atoms with van der Waals surface area (Å²) < 4.78 is 0. The van der Waals surface area contributed by atoms with E-state index < -0.39 is 0 Å². The van der Waals surface area contributed by atoms with E-state index in [1.165, 1.54) is 11.1 Å². The Morgan fingerprint density at radius 1 is 1.15 bits per heavy atom. The average Bonchev–Trinajstić information content (AvgIpc) is 3.31. The van der Waals surface area contributed by atoms with Crippen molar-refractivity contribution in [3.63, 3.8) is 0 Å². The Morgan fingerprint density at radius 2 is 1.89 bits per heavy atom. The molecule has 0 atom stereocenters. The van der Waals surface area contributed by atoms with E-state index in [0.717, 1.165) is 31.5 Å². The number of amides is 3. The van der Waals surface area contributed by atoms with Crippen LogP contribution in [0.25, 0.3) is 0 Å². The molecule has 5 nitrogen and oxygen atoms in total. The third kappa shape index (κ3) is 3.42. The predicted octanol–water partition coefficient (Wildman–Crippen LogP) is 3.24. The van der Waals surface area contributed by atoms with Crippen LogP contribution in [0.5, 0.6) is 0 Å². The summed E-state index contributed by atoms with van der Waals surface area (Å²) in [6.07, 6.45) is 2.75. The molecular formula is C22H25N3O2. The maximum Gasteiger partial charge on any atom is 0.321 e. The summed E-state index contributed by atoms with van der Waals surface area (Å²) in [5, 5.41) is 2.81. The summed E-state index contributed by atoms with van der Waals surface area (Å²) in [7, 11) is 0. The van der Waals surface area contributed by atoms with Crippen LogP contribution < -0.4 is 10.2 Å². The molecule has 1 saturated heterocycles. The van der Waals surface area contributed by atoms with Gasteiger partial charge in [-0.2, -0.15) is 0 Å². The molecule has 5 heteroatoms. The van der Waals surface area contributed by atoms with Gasteiger partial charge in [-0.05, 0) is 48.6 Å². The number of carbonyl (C=O) groups excluding carboxylic acids is 2. The highest BCUT2D eigenvalue weighted by Crippen LogP contribution is 2.27. The number of hydrogen-bond acceptors (Lipinski definition) is 2. The Labute approximate surface area is 160 Å². The van der Waals surface area contributed by atoms with Crippen LogP contribution in [0.15, 0.2) is 48.5 Å². The van der Waals surface area contributed by atoms with Gasteiger partial charge in [0.1, 0.15) is 0 Å². The van der Waals surface area contributed by atoms with Gasteiger partial charge in [-0.1, -0.05) is 37.3 Å². The summed E-state index contributed by atoms with van der Waals surface area (Å²) in [6.45, 7) is 4.12. The second-order valence-corrected chi connectivity index (χ2v) is 7.26. The highest BCUT2D eigenvalue weighted by Gasteiger charge is 2.30. The molecule has 0 radical (unpaired) electrons. The van der Waals surface area contributed by atoms with Crippen LogP contribution in [0.3, 0.4) is 0 Å². The third-order valence-electron chi connectivity index (χ3n) is 5.46. The van der Waals surface area contributed by atoms with Crippen molar-refractivity contribution in [1.29, 1.82) is 0 Å². The fourth-order valence-corrected chi connectivity index (χ4v) is 4.14. The maximum atomic E-state index is 13.3. The first-order valence-corrected chi connectivity index (χ1v) is 9.70. The lowest BCUT2D eigenvalue weighted by molar-refractivity contribution is 0.0684. The molecule has 27 heavy (non-hydrogen) atoms. The van der Waals surface area contributed by atoms with Crippen molar-refractivity contribution in [2.45, 2.75) is 32.2 Å². The first-order valence-electron chi connectivity index (χ1n) is 9.70. The lowest BCUT2D eigenvalue weighted by Gasteiger charge is -2.29. The lowest BCUT2D eigenvalue weighted by Crippen LogP contribution is -2.41. The Morgan fingerprint density at radius 3 is 2.52 bits per heavy atom. The number of nitrogens with one attached hydrogen (secondary N) is 1. The number of rotatable bonds is 5. The highest BCUT2D eigenvalue weighted by atomic mass is 16.2. The van der Waals surface area contributed by atoms with E-state index in [2.05, 4.69) is 36.5 Å². The van der Waals surface area contributed by atoms with Gasteiger partial charge in [0.15, 0.2) is 0 Å². The van der Waals surface area contributed by atoms with Gasteiger partial charge in [0.25, 0.3) is 5.91 Å². The van der Waals surface area contributed by atoms with E-state index in [9.17, 15) is 9.59 Å². The summed E-state index contributed by atoms with van der Waals surface area (Å²) in [6, 6.07) is 16.0. The van der Waals surface area contributed by atoms with Gasteiger partial charge in [0.05, 0.1) is 0 Å². The van der Waals surface area contributed by atoms with Crippen LogP contribution in [0, 0.1) is 0 Å². The number of fused-ring (bicyclic) bond motifs is 1. The number of carbonyl (C=O) groups is 2. The second kappa shape index (κ2) is 7.43. The Bertz CT molecular complexity index is 839. The van der Waals surface area contributed by atoms with Gasteiger partial charge < -0.3 is 10.2 Å². The molecular weight excluding hydrogens is 338 g/mol. The van der Waals surface area contributed by atoms with Crippen molar-refractivity contribution in [3.05, 3.63) is 65.2 Å². The summed E-state index contributed by atoms with van der Waals surface area (Å²) in [5.74, 6) is 0.0520. The molecule has 1 aliphatic carbocycles. The van der Waals surface area contributed by atoms with Crippen LogP contribution in [0.1, 0.15) is 34.8 Å². The minimum absolute atomic E-state index is 0.0520. The van der Waals surface area contributed by atoms with Crippen molar-refractivity contribution in [2.75, 3.05) is 24.5 Å². The van der Waals surface area contributed by atoms with Crippen molar-refractivity contribution >= 4 is 17.6 Å². The molecule has 0 unspecified atom stereocenters. The van der Waals surface area contributed by atoms with Crippen LogP contribution in [0.4, 0.5) is 10.5 Å². The molecule has 3 amide bonds. The Kier molecular flexibility index (Phi) is 4.84. The molecule has 1 aliphatic heterocycles. The van der Waals surface area contributed by atoms with Gasteiger partial charge in [-0.3, -0.25) is 9.69 Å². The highest BCUT2D eigenvalue weighted by molar-refractivity contribution is 5.98. The molecule has 4 rings (SSSR count). The van der Waals surface area contributed by atoms with E-state index in [4.69, 9.17) is 0 Å². The number of benzene rings is 2. The number of hydrogen-bond donors (Lipinski definition) is 1. The standard InChI is InChI=1S/C22H25N3O2/c1-2-11-24(20-13-16-6-3-4-7-17(16)14-20)21(26)18-8-5-9-19(15-18)25-12-10-23-22(25)27/h3-9,15,20H,2,10-14H2,1H3,(H,23,27). The van der Waals surface area contributed by atoms with Gasteiger partial charge in [-0.15, -0.1) is 0 Å². The monoisotopic (exact) mass is 363 g/mol. The largest absolute Gasteiger partial charge is 0.336 e. The molecule has 0 spiro atoms. The number of anilines is 1. The second-order valence-electron chi connectivity index (χ2n) is 7.26. The van der Waals surface area contributed by atoms with Crippen molar-refractivity contribution in [3.8, 4) is 0 Å². The van der Waals surface area contributed by atoms with Gasteiger partial charge in [0, 0.05) is 36.9 Å². The molecule has 0 saturated carbocycles. The van der Waals surface area contributed by atoms with Crippen molar-refractivity contribution in [2.24, 2.45) is 0 Å². The Hall–Kier alpha value is -2.82. The fourth-order valence-electron chi connectivity index (χ4n) is 4.14. The normalized spacial score (nSPS) is 16.3. The quantitative estimate of drug-likeness (QED) is 0.887. The lowest BCUT2D eigenvalue weighted by atomic mass is 10.1. The molecule has 2 aromatic rings. The van der Waals surface area contributed by atoms with Crippen molar-refractivity contribution < 1.29 is 9.59 Å². The van der Waals surface area contributed by atoms with E-state index in [1.54, 1.807) is 4.90 Å². The minimum Gasteiger partial charge on any atom is -0.336 e. The molecule has 2 aliphatic rings. The minimum atomic E-state index is -0.101. The van der Waals surface area contributed by atoms with Crippen LogP contribution in [0.2, 0.25) is 0 Å². The molecule has 1 N–H and O–H groups in total. The number of nitrogens with zero attached hydrogens (tertiary/aromatic N) is 2. The maximum absolute atomic E-state index is 13.3. The molecule has 1 fully saturated rings. The van der Waals surface area contributed by atoms with Crippen LogP contribution >= 0.6 is 0 Å². The first kappa shape index (κ1) is 17.6. The Balaban J connectivity index is 1.57. The fraction of sp³-hybridized carbons (Fsp3) is 0.364. The molecule has 0 aromatic heterocycles. The zero-order valence-electron chi connectivity index (χ0n) is 15.6. The summed E-state index contributed by atoms with van der Waals surface area (Å²) in [4.78, 5) is 29.0. The first-order chi connectivity index (χ1) is 13.2. The molecule has 0 bridgehead atoms. The van der Waals surface area contributed by atoms with E-state index >= 15 is 0 Å². The zero-order chi connectivity index (χ0) is 18.8. The van der Waals surface area contributed by atoms with E-state index in [1.807, 2.05) is 29.2 Å². The average molecular weight is 363 g/mol. The number of urea groups is 1. The smallest absolute Gasteiger partial charge is 0.321 e. The van der Waals surface area contributed by atoms with Gasteiger partial charge >= 0.3 is 6.03 Å². The SMILES string of the molecule is CCCN(C(=O)c1cccc(N2CCNC2=O)c1)C1Cc2ccccc2C1. The third-order valence-corrected chi connectivity index (χ3v) is 5.46. The van der Waals surface area contributed by atoms with Gasteiger partial charge in [-0.25, -0.2) is 4.79 Å². The summed E-state index contributed by atoms with van der Waals surface area (Å²) >= 11 is 0. The predicted molar refractivity (Wildman–Crippen MR) is 106 cm³/mol. The topological polar surface area (TPSA) is 52.7 Å². The van der Waals surface area contributed by atoms with Crippen LogP contribution in [-0.4, -0.2) is 42.5 Å². The zero-order valence-corrected chi connectivity index (χ0v) is 15.6. The molecule has 2 aromatic carbocycles. The van der Waals surface area contributed by atoms with E-state index in [-0.39, 0.29) is 18.0 Å². The van der Waals surface area contributed by atoms with Crippen LogP contribution in [-0.2, 0) is 12.8 Å². The summed E-state index contributed by atoms with van der Waals surface area (Å²) in [5.41, 5.74) is 4.12. The van der Waals surface area contributed by atoms with E-state index in [0.29, 0.717) is 18.7 Å². The van der Waals surface area contributed by atoms with Crippen molar-refractivity contribution in [1.82, 2.24) is 10.2 Å². The molecule has 1 heterocycles. The molecule has 140 valence electrons.